The molecule has 0 radical (unpaired) electrons. The van der Waals surface area contributed by atoms with Crippen LogP contribution < -0.4 is 0 Å². The summed E-state index contributed by atoms with van der Waals surface area (Å²) in [6.07, 6.45) is 13.0. The molecule has 0 aromatic rings. The number of cyclic esters (lactones) is 1. The van der Waals surface area contributed by atoms with Crippen molar-refractivity contribution in [1.29, 1.82) is 0 Å². The van der Waals surface area contributed by atoms with Crippen molar-refractivity contribution in [2.75, 3.05) is 53.4 Å². The Balaban J connectivity index is 1.36. The zero-order valence-corrected chi connectivity index (χ0v) is 36.7. The van der Waals surface area contributed by atoms with E-state index in [1.807, 2.05) is 40.7 Å². The SMILES string of the molecule is CCC(O)C(C)[C@H]1O[C@@H]1CC(C)(O)/C=C/C=C(\C)[C@H]1OC(=O)C[C@H](O)CC[C@@](C)(OC)[C@@H](OC(=O)N2CC[N+](C)(CCCCCCN3C(=O)C=CC3=O)CC2)/C=C/[C@@H]1C. The van der Waals surface area contributed by atoms with Crippen molar-refractivity contribution >= 4 is 23.9 Å². The van der Waals surface area contributed by atoms with Crippen LogP contribution in [0.25, 0.3) is 0 Å². The lowest BCUT2D eigenvalue weighted by Crippen LogP contribution is -2.59. The Hall–Kier alpha value is -3.40. The van der Waals surface area contributed by atoms with Crippen LogP contribution in [0.1, 0.15) is 99.3 Å². The highest BCUT2D eigenvalue weighted by molar-refractivity contribution is 6.12. The first kappa shape index (κ1) is 48.3. The number of allylic oxidation sites excluding steroid dienone is 2. The van der Waals surface area contributed by atoms with Crippen molar-refractivity contribution in [3.8, 4) is 0 Å². The van der Waals surface area contributed by atoms with Crippen molar-refractivity contribution in [2.45, 2.75) is 147 Å². The van der Waals surface area contributed by atoms with Crippen LogP contribution in [0, 0.1) is 11.8 Å². The minimum Gasteiger partial charge on any atom is -0.457 e. The van der Waals surface area contributed by atoms with Crippen LogP contribution in [-0.4, -0.2) is 155 Å². The highest BCUT2D eigenvalue weighted by Gasteiger charge is 2.47. The predicted molar refractivity (Wildman–Crippen MR) is 223 cm³/mol. The zero-order valence-electron chi connectivity index (χ0n) is 36.7. The molecule has 10 atom stereocenters. The molecule has 3 unspecified atom stereocenters. The lowest BCUT2D eigenvalue weighted by atomic mass is 9.88. The number of epoxide rings is 1. The lowest BCUT2D eigenvalue weighted by Gasteiger charge is -2.42. The van der Waals surface area contributed by atoms with Gasteiger partial charge in [0.15, 0.2) is 6.10 Å². The monoisotopic (exact) mass is 831 g/mol. The van der Waals surface area contributed by atoms with E-state index in [1.165, 1.54) is 17.1 Å². The first-order valence-electron chi connectivity index (χ1n) is 21.7. The standard InChI is InChI=1S/C45H72N3O11/c1-9-35(50)33(4)42-36(57-42)30-44(5,55)21-14-15-31(2)41-32(3)16-17-37(45(6,56-8)22-20-34(49)29-40(53)59-41)58-43(54)46-24-27-48(7,28-25-46)26-13-11-10-12-23-47-38(51)18-19-39(47)52/h14-19,21,32-37,41-42,49-50,55H,9-13,20,22-30H2,1-8H3/q+1/b17-16+,21-14+,31-15+/t32-,33?,34+,35?,36+,37-,41+,42+,44?,45+/m0/s1. The molecule has 4 heterocycles. The van der Waals surface area contributed by atoms with Crippen LogP contribution in [-0.2, 0) is 33.3 Å². The number of quaternary nitrogens is 1. The van der Waals surface area contributed by atoms with Gasteiger partial charge in [0.1, 0.15) is 11.7 Å². The number of nitrogens with zero attached hydrogens (tertiary/aromatic N) is 3. The molecule has 0 aromatic carbocycles. The Morgan fingerprint density at radius 2 is 1.78 bits per heavy atom. The number of amides is 3. The molecule has 0 aliphatic carbocycles. The quantitative estimate of drug-likeness (QED) is 0.0355. The highest BCUT2D eigenvalue weighted by atomic mass is 16.6. The van der Waals surface area contributed by atoms with E-state index in [4.69, 9.17) is 18.9 Å². The Labute approximate surface area is 351 Å². The summed E-state index contributed by atoms with van der Waals surface area (Å²) in [6.45, 7) is 15.2. The van der Waals surface area contributed by atoms with E-state index in [0.29, 0.717) is 38.9 Å². The second kappa shape index (κ2) is 21.4. The zero-order chi connectivity index (χ0) is 43.5. The van der Waals surface area contributed by atoms with Gasteiger partial charge in [-0.2, -0.15) is 0 Å². The third-order valence-electron chi connectivity index (χ3n) is 12.8. The van der Waals surface area contributed by atoms with E-state index in [2.05, 4.69) is 7.05 Å². The summed E-state index contributed by atoms with van der Waals surface area (Å²) < 4.78 is 24.8. The number of likely N-dealkylation sites (N-methyl/N-ethyl adjacent to an activating group) is 1. The summed E-state index contributed by atoms with van der Waals surface area (Å²) >= 11 is 0. The third-order valence-corrected chi connectivity index (χ3v) is 12.8. The summed E-state index contributed by atoms with van der Waals surface area (Å²) in [5.74, 6) is -1.38. The number of ether oxygens (including phenoxy) is 4. The Kier molecular flexibility index (Phi) is 17.5. The molecule has 0 saturated carbocycles. The molecule has 14 nitrogen and oxygen atoms in total. The molecule has 4 aliphatic rings. The molecule has 3 amide bonds. The summed E-state index contributed by atoms with van der Waals surface area (Å²) in [7, 11) is 3.76. The number of methoxy groups -OCH3 is 1. The Morgan fingerprint density at radius 1 is 1.12 bits per heavy atom. The van der Waals surface area contributed by atoms with Gasteiger partial charge in [0.2, 0.25) is 0 Å². The summed E-state index contributed by atoms with van der Waals surface area (Å²) in [5.41, 5.74) is -1.44. The average molecular weight is 831 g/mol. The van der Waals surface area contributed by atoms with Gasteiger partial charge in [0.25, 0.3) is 11.8 Å². The molecular formula is C45H72N3O11+. The Morgan fingerprint density at radius 3 is 2.42 bits per heavy atom. The smallest absolute Gasteiger partial charge is 0.410 e. The second-order valence-electron chi connectivity index (χ2n) is 18.0. The molecule has 4 aliphatic heterocycles. The largest absolute Gasteiger partial charge is 0.457 e. The number of rotatable bonds is 17. The first-order valence-corrected chi connectivity index (χ1v) is 21.7. The van der Waals surface area contributed by atoms with Gasteiger partial charge in [-0.15, -0.1) is 0 Å². The van der Waals surface area contributed by atoms with Crippen LogP contribution in [0.4, 0.5) is 4.79 Å². The molecule has 0 bridgehead atoms. The van der Waals surface area contributed by atoms with Crippen LogP contribution >= 0.6 is 0 Å². The van der Waals surface area contributed by atoms with Crippen molar-refractivity contribution in [1.82, 2.24) is 9.80 Å². The topological polar surface area (TPSA) is 176 Å². The van der Waals surface area contributed by atoms with Gasteiger partial charge in [0.05, 0.1) is 76.2 Å². The molecule has 2 fully saturated rings. The molecular weight excluding hydrogens is 759 g/mol. The van der Waals surface area contributed by atoms with Gasteiger partial charge in [-0.05, 0) is 70.9 Å². The van der Waals surface area contributed by atoms with E-state index in [-0.39, 0.29) is 48.7 Å². The normalized spacial score (nSPS) is 31.9. The number of unbranched alkanes of at least 4 members (excludes halogenated alkanes) is 3. The van der Waals surface area contributed by atoms with Crippen molar-refractivity contribution in [3.63, 3.8) is 0 Å². The number of esters is 1. The van der Waals surface area contributed by atoms with Crippen molar-refractivity contribution in [3.05, 3.63) is 48.1 Å². The molecule has 4 rings (SSSR count). The molecule has 2 saturated heterocycles. The number of hydrogen-bond donors (Lipinski definition) is 3. The van der Waals surface area contributed by atoms with E-state index in [9.17, 15) is 34.5 Å². The van der Waals surface area contributed by atoms with Gasteiger partial charge in [-0.3, -0.25) is 24.2 Å². The van der Waals surface area contributed by atoms with Crippen LogP contribution in [0.15, 0.2) is 48.1 Å². The van der Waals surface area contributed by atoms with Gasteiger partial charge < -0.3 is 38.8 Å². The number of aliphatic hydroxyl groups excluding tert-OH is 2. The molecule has 3 N–H and O–H groups in total. The van der Waals surface area contributed by atoms with Gasteiger partial charge in [-0.25, -0.2) is 4.79 Å². The van der Waals surface area contributed by atoms with E-state index in [1.54, 1.807) is 43.2 Å². The Bertz CT molecular complexity index is 1550. The second-order valence-corrected chi connectivity index (χ2v) is 18.0. The van der Waals surface area contributed by atoms with E-state index in [0.717, 1.165) is 55.4 Å². The number of piperazine rings is 1. The lowest BCUT2D eigenvalue weighted by molar-refractivity contribution is -0.913. The van der Waals surface area contributed by atoms with Gasteiger partial charge in [0, 0.05) is 44.1 Å². The predicted octanol–water partition coefficient (Wildman–Crippen LogP) is 4.61. The fourth-order valence-corrected chi connectivity index (χ4v) is 8.31. The molecule has 0 aromatic heterocycles. The minimum atomic E-state index is -1.17. The van der Waals surface area contributed by atoms with E-state index < -0.39 is 47.7 Å². The molecule has 59 heavy (non-hydrogen) atoms. The molecule has 332 valence electrons. The highest BCUT2D eigenvalue weighted by Crippen LogP contribution is 2.38. The fraction of sp³-hybridized carbons (Fsp3) is 0.733. The van der Waals surface area contributed by atoms with Gasteiger partial charge in [-0.1, -0.05) is 51.5 Å². The van der Waals surface area contributed by atoms with Gasteiger partial charge >= 0.3 is 12.1 Å². The van der Waals surface area contributed by atoms with Crippen LogP contribution in [0.3, 0.4) is 0 Å². The maximum Gasteiger partial charge on any atom is 0.410 e. The number of hydrogen-bond acceptors (Lipinski definition) is 11. The number of aliphatic hydroxyl groups is 3. The molecule has 0 spiro atoms. The summed E-state index contributed by atoms with van der Waals surface area (Å²) in [5, 5.41) is 32.2. The average Bonchev–Trinajstić information content (AvgIpc) is 3.87. The minimum absolute atomic E-state index is 0.0198. The number of carbonyl (C=O) groups is 4. The summed E-state index contributed by atoms with van der Waals surface area (Å²) in [6, 6.07) is 0. The maximum absolute atomic E-state index is 13.7. The maximum atomic E-state index is 13.7. The van der Waals surface area contributed by atoms with Crippen LogP contribution in [0.2, 0.25) is 0 Å². The van der Waals surface area contributed by atoms with Crippen LogP contribution in [0.5, 0.6) is 0 Å². The summed E-state index contributed by atoms with van der Waals surface area (Å²) in [4.78, 5) is 53.4. The third kappa shape index (κ3) is 14.1. The number of imide groups is 1. The first-order chi connectivity index (χ1) is 27.8. The van der Waals surface area contributed by atoms with E-state index >= 15 is 0 Å². The van der Waals surface area contributed by atoms with Crippen molar-refractivity contribution < 1.29 is 57.9 Å². The number of carbonyl (C=O) groups excluding carboxylic acids is 4. The fourth-order valence-electron chi connectivity index (χ4n) is 8.31. The molecule has 14 heteroatoms. The van der Waals surface area contributed by atoms with Crippen molar-refractivity contribution in [2.24, 2.45) is 11.8 Å².